The van der Waals surface area contributed by atoms with Gasteiger partial charge in [-0.1, -0.05) is 18.7 Å². The second kappa shape index (κ2) is 6.31. The lowest BCUT2D eigenvalue weighted by Crippen LogP contribution is -2.25. The van der Waals surface area contributed by atoms with E-state index in [1.165, 1.54) is 10.4 Å². The van der Waals surface area contributed by atoms with Crippen LogP contribution in [0.25, 0.3) is 0 Å². The Labute approximate surface area is 116 Å². The first-order chi connectivity index (χ1) is 8.72. The molecule has 3 nitrogen and oxygen atoms in total. The van der Waals surface area contributed by atoms with Gasteiger partial charge < -0.3 is 5.73 Å². The smallest absolute Gasteiger partial charge is 0.116 e. The fourth-order valence-electron chi connectivity index (χ4n) is 1.70. The summed E-state index contributed by atoms with van der Waals surface area (Å²) in [6, 6.07) is 4.22. The van der Waals surface area contributed by atoms with Crippen LogP contribution >= 0.6 is 23.1 Å². The molecule has 0 aromatic carbocycles. The molecule has 2 unspecified atom stereocenters. The number of aryl methyl sites for hydroxylation is 1. The summed E-state index contributed by atoms with van der Waals surface area (Å²) in [6.07, 6.45) is 4.31. The van der Waals surface area contributed by atoms with Gasteiger partial charge in [-0.15, -0.1) is 11.3 Å². The molecule has 0 amide bonds. The molecule has 2 heterocycles. The average Bonchev–Trinajstić information content (AvgIpc) is 2.82. The quantitative estimate of drug-likeness (QED) is 0.673. The van der Waals surface area contributed by atoms with Gasteiger partial charge in [0.15, 0.2) is 0 Å². The highest BCUT2D eigenvalue weighted by molar-refractivity contribution is 7.99. The number of aromatic nitrogens is 2. The number of nitrogens with two attached hydrogens (primary N) is 1. The molecule has 0 fully saturated rings. The van der Waals surface area contributed by atoms with Crippen LogP contribution in [-0.2, 0) is 0 Å². The summed E-state index contributed by atoms with van der Waals surface area (Å²) in [4.78, 5) is 9.58. The third-order valence-electron chi connectivity index (χ3n) is 2.82. The van der Waals surface area contributed by atoms with Gasteiger partial charge in [-0.05, 0) is 36.4 Å². The van der Waals surface area contributed by atoms with Crippen LogP contribution in [0.1, 0.15) is 29.0 Å². The highest BCUT2D eigenvalue weighted by Gasteiger charge is 2.23. The van der Waals surface area contributed by atoms with E-state index in [4.69, 9.17) is 5.73 Å². The first-order valence-electron chi connectivity index (χ1n) is 5.94. The van der Waals surface area contributed by atoms with Crippen LogP contribution in [0.2, 0.25) is 0 Å². The molecule has 2 aromatic rings. The van der Waals surface area contributed by atoms with E-state index < -0.39 is 0 Å². The zero-order valence-electron chi connectivity index (χ0n) is 10.5. The second-order valence-corrected chi connectivity index (χ2v) is 6.24. The van der Waals surface area contributed by atoms with Crippen LogP contribution in [0, 0.1) is 6.92 Å². The van der Waals surface area contributed by atoms with Crippen molar-refractivity contribution < 1.29 is 0 Å². The van der Waals surface area contributed by atoms with Crippen molar-refractivity contribution in [1.82, 2.24) is 9.97 Å². The van der Waals surface area contributed by atoms with Crippen LogP contribution < -0.4 is 5.73 Å². The van der Waals surface area contributed by atoms with Gasteiger partial charge in [-0.25, -0.2) is 9.97 Å². The molecule has 0 saturated carbocycles. The molecule has 5 heteroatoms. The maximum absolute atomic E-state index is 6.27. The molecule has 2 aromatic heterocycles. The Morgan fingerprint density at radius 3 is 2.83 bits per heavy atom. The molecule has 0 bridgehead atoms. The summed E-state index contributed by atoms with van der Waals surface area (Å²) in [5.74, 6) is 0. The Morgan fingerprint density at radius 2 is 2.28 bits per heavy atom. The van der Waals surface area contributed by atoms with Gasteiger partial charge in [0.2, 0.25) is 0 Å². The number of thioether (sulfide) groups is 1. The van der Waals surface area contributed by atoms with Crippen molar-refractivity contribution in [3.8, 4) is 0 Å². The van der Waals surface area contributed by atoms with E-state index in [9.17, 15) is 0 Å². The lowest BCUT2D eigenvalue weighted by Gasteiger charge is -2.21. The van der Waals surface area contributed by atoms with E-state index >= 15 is 0 Å². The zero-order valence-corrected chi connectivity index (χ0v) is 12.2. The lowest BCUT2D eigenvalue weighted by molar-refractivity contribution is 0.637. The molecule has 2 N–H and O–H groups in total. The van der Waals surface area contributed by atoms with Crippen molar-refractivity contribution >= 4 is 23.1 Å². The molecule has 2 atom stereocenters. The van der Waals surface area contributed by atoms with Gasteiger partial charge in [0, 0.05) is 17.1 Å². The molecule has 2 rings (SSSR count). The van der Waals surface area contributed by atoms with Gasteiger partial charge in [0.05, 0.1) is 5.25 Å². The number of hydrogen-bond acceptors (Lipinski definition) is 5. The molecular weight excluding hydrogens is 262 g/mol. The van der Waals surface area contributed by atoms with Gasteiger partial charge in [-0.3, -0.25) is 0 Å². The number of thiophene rings is 1. The van der Waals surface area contributed by atoms with Crippen molar-refractivity contribution in [2.24, 2.45) is 5.73 Å². The maximum Gasteiger partial charge on any atom is 0.116 e. The predicted octanol–water partition coefficient (Wildman–Crippen LogP) is 3.42. The van der Waals surface area contributed by atoms with Crippen LogP contribution in [0.15, 0.2) is 35.1 Å². The highest BCUT2D eigenvalue weighted by atomic mass is 32.2. The topological polar surface area (TPSA) is 51.8 Å². The lowest BCUT2D eigenvalue weighted by atomic mass is 10.1. The Morgan fingerprint density at radius 1 is 1.44 bits per heavy atom. The molecule has 96 valence electrons. The number of nitrogens with zero attached hydrogens (tertiary/aromatic N) is 2. The fourth-order valence-corrected chi connectivity index (χ4v) is 4.16. The number of hydrogen-bond donors (Lipinski definition) is 1. The highest BCUT2D eigenvalue weighted by Crippen LogP contribution is 2.40. The molecule has 18 heavy (non-hydrogen) atoms. The predicted molar refractivity (Wildman–Crippen MR) is 78.0 cm³/mol. The Kier molecular flexibility index (Phi) is 4.74. The summed E-state index contributed by atoms with van der Waals surface area (Å²) in [5.41, 5.74) is 7.58. The summed E-state index contributed by atoms with van der Waals surface area (Å²) >= 11 is 3.50. The summed E-state index contributed by atoms with van der Waals surface area (Å²) < 4.78 is 0. The average molecular weight is 279 g/mol. The van der Waals surface area contributed by atoms with Crippen LogP contribution in [-0.4, -0.2) is 16.0 Å². The molecule has 0 spiro atoms. The minimum Gasteiger partial charge on any atom is -0.326 e. The third kappa shape index (κ3) is 3.10. The Hall–Kier alpha value is -0.910. The van der Waals surface area contributed by atoms with Crippen LogP contribution in [0.3, 0.4) is 0 Å². The van der Waals surface area contributed by atoms with Crippen LogP contribution in [0.5, 0.6) is 0 Å². The van der Waals surface area contributed by atoms with Gasteiger partial charge in [0.25, 0.3) is 0 Å². The first kappa shape index (κ1) is 13.5. The molecule has 0 aliphatic carbocycles. The Bertz CT molecular complexity index is 484. The molecule has 0 saturated heterocycles. The van der Waals surface area contributed by atoms with E-state index in [1.807, 2.05) is 6.07 Å². The van der Waals surface area contributed by atoms with Crippen molar-refractivity contribution in [2.75, 3.05) is 0 Å². The maximum atomic E-state index is 6.27. The van der Waals surface area contributed by atoms with E-state index in [2.05, 4.69) is 35.3 Å². The Balaban J connectivity index is 2.24. The monoisotopic (exact) mass is 279 g/mol. The van der Waals surface area contributed by atoms with E-state index in [0.29, 0.717) is 0 Å². The van der Waals surface area contributed by atoms with Gasteiger partial charge in [-0.2, -0.15) is 0 Å². The third-order valence-corrected chi connectivity index (χ3v) is 5.40. The van der Waals surface area contributed by atoms with Crippen molar-refractivity contribution in [2.45, 2.75) is 36.6 Å². The normalized spacial score (nSPS) is 14.4. The minimum absolute atomic E-state index is 0.141. The van der Waals surface area contributed by atoms with Gasteiger partial charge in [0.1, 0.15) is 11.4 Å². The summed E-state index contributed by atoms with van der Waals surface area (Å²) in [5, 5.41) is 3.37. The van der Waals surface area contributed by atoms with E-state index in [-0.39, 0.29) is 11.3 Å². The molecule has 0 aliphatic heterocycles. The fraction of sp³-hybridized carbons (Fsp3) is 0.385. The first-order valence-corrected chi connectivity index (χ1v) is 7.70. The molecule has 0 aliphatic rings. The SMILES string of the molecule is CCC(N)C(Sc1ccncn1)c1sccc1C. The van der Waals surface area contributed by atoms with Gasteiger partial charge >= 0.3 is 0 Å². The van der Waals surface area contributed by atoms with E-state index in [0.717, 1.165) is 11.4 Å². The van der Waals surface area contributed by atoms with Crippen molar-refractivity contribution in [3.63, 3.8) is 0 Å². The zero-order chi connectivity index (χ0) is 13.0. The second-order valence-electron chi connectivity index (χ2n) is 4.13. The summed E-state index contributed by atoms with van der Waals surface area (Å²) in [7, 11) is 0. The van der Waals surface area contributed by atoms with Crippen molar-refractivity contribution in [1.29, 1.82) is 0 Å². The number of rotatable bonds is 5. The van der Waals surface area contributed by atoms with Crippen LogP contribution in [0.4, 0.5) is 0 Å². The molecular formula is C13H17N3S2. The standard InChI is InChI=1S/C13H17N3S2/c1-3-10(14)13(12-9(2)5-7-17-12)18-11-4-6-15-8-16-11/h4-8,10,13H,3,14H2,1-2H3. The molecule has 0 radical (unpaired) electrons. The van der Waals surface area contributed by atoms with E-state index in [1.54, 1.807) is 35.6 Å². The van der Waals surface area contributed by atoms with Crippen molar-refractivity contribution in [3.05, 3.63) is 40.5 Å². The summed E-state index contributed by atoms with van der Waals surface area (Å²) in [6.45, 7) is 4.27. The largest absolute Gasteiger partial charge is 0.326 e. The minimum atomic E-state index is 0.141.